The minimum atomic E-state index is 0.0228. The summed E-state index contributed by atoms with van der Waals surface area (Å²) in [4.78, 5) is 22.5. The van der Waals surface area contributed by atoms with Crippen LogP contribution in [0, 0.1) is 0 Å². The van der Waals surface area contributed by atoms with Gasteiger partial charge in [-0.15, -0.1) is 0 Å². The molecule has 2 heterocycles. The smallest absolute Gasteiger partial charge is 0.268 e. The number of carbonyl (C=O) groups is 1. The van der Waals surface area contributed by atoms with Crippen molar-refractivity contribution in [3.8, 4) is 0 Å². The third-order valence-electron chi connectivity index (χ3n) is 4.65. The highest BCUT2D eigenvalue weighted by atomic mass is 32.2. The number of likely N-dealkylation sites (N-methyl/N-ethyl adjacent to an activating group) is 2. The number of hydrogen-bond donors (Lipinski definition) is 0. The van der Waals surface area contributed by atoms with Crippen LogP contribution in [-0.2, 0) is 4.79 Å². The highest BCUT2D eigenvalue weighted by molar-refractivity contribution is 8.18. The van der Waals surface area contributed by atoms with E-state index in [2.05, 4.69) is 30.0 Å². The van der Waals surface area contributed by atoms with E-state index < -0.39 is 0 Å². The van der Waals surface area contributed by atoms with Crippen molar-refractivity contribution in [1.82, 2.24) is 4.90 Å². The van der Waals surface area contributed by atoms with Gasteiger partial charge in [0.25, 0.3) is 5.91 Å². The molecule has 2 aliphatic heterocycles. The summed E-state index contributed by atoms with van der Waals surface area (Å²) in [6, 6.07) is 18.0. The molecule has 5 heteroatoms. The summed E-state index contributed by atoms with van der Waals surface area (Å²) in [6.07, 6.45) is 4.13. The number of hydrogen-bond acceptors (Lipinski definition) is 4. The third kappa shape index (κ3) is 3.19. The van der Waals surface area contributed by atoms with Gasteiger partial charge in [0.05, 0.1) is 11.4 Å². The van der Waals surface area contributed by atoms with E-state index in [1.807, 2.05) is 55.5 Å². The first-order valence-corrected chi connectivity index (χ1v) is 9.97. The number of carbonyl (C=O) groups excluding carboxylic acids is 1. The fourth-order valence-corrected chi connectivity index (χ4v) is 4.47. The van der Waals surface area contributed by atoms with Crippen molar-refractivity contribution in [2.75, 3.05) is 18.0 Å². The van der Waals surface area contributed by atoms with Crippen LogP contribution in [0.4, 0.5) is 11.4 Å². The van der Waals surface area contributed by atoms with E-state index in [4.69, 9.17) is 4.99 Å². The molecule has 1 fully saturated rings. The van der Waals surface area contributed by atoms with Crippen LogP contribution in [0.3, 0.4) is 0 Å². The Labute approximate surface area is 163 Å². The second-order valence-electron chi connectivity index (χ2n) is 6.23. The molecule has 2 aromatic rings. The van der Waals surface area contributed by atoms with Crippen LogP contribution in [0.2, 0.25) is 0 Å². The lowest BCUT2D eigenvalue weighted by Gasteiger charge is -2.30. The summed E-state index contributed by atoms with van der Waals surface area (Å²) in [5.74, 6) is 0.0228. The molecule has 0 saturated carbocycles. The normalized spacial score (nSPS) is 20.5. The number of amides is 1. The molecule has 136 valence electrons. The molecule has 0 aliphatic carbocycles. The second kappa shape index (κ2) is 7.45. The highest BCUT2D eigenvalue weighted by Crippen LogP contribution is 2.40. The summed E-state index contributed by atoms with van der Waals surface area (Å²) in [6.45, 7) is 5.49. The number of para-hydroxylation sites is 2. The van der Waals surface area contributed by atoms with Crippen LogP contribution in [0.15, 0.2) is 76.3 Å². The quantitative estimate of drug-likeness (QED) is 0.706. The average molecular weight is 375 g/mol. The van der Waals surface area contributed by atoms with Crippen LogP contribution in [0.25, 0.3) is 6.08 Å². The van der Waals surface area contributed by atoms with Gasteiger partial charge in [-0.25, -0.2) is 4.99 Å². The Bertz CT molecular complexity index is 963. The minimum absolute atomic E-state index is 0.0228. The van der Waals surface area contributed by atoms with Crippen molar-refractivity contribution in [3.05, 3.63) is 76.8 Å². The number of allylic oxidation sites excluding steroid dienone is 1. The lowest BCUT2D eigenvalue weighted by molar-refractivity contribution is -0.122. The van der Waals surface area contributed by atoms with E-state index in [0.29, 0.717) is 6.54 Å². The first-order valence-electron chi connectivity index (χ1n) is 9.15. The van der Waals surface area contributed by atoms with E-state index in [1.54, 1.807) is 4.90 Å². The molecule has 0 N–H and O–H groups in total. The maximum atomic E-state index is 13.1. The molecule has 1 saturated heterocycles. The Morgan fingerprint density at radius 1 is 0.889 bits per heavy atom. The monoisotopic (exact) mass is 375 g/mol. The topological polar surface area (TPSA) is 35.9 Å². The Hall–Kier alpha value is -2.79. The van der Waals surface area contributed by atoms with Gasteiger partial charge >= 0.3 is 0 Å². The zero-order chi connectivity index (χ0) is 18.8. The van der Waals surface area contributed by atoms with E-state index in [-0.39, 0.29) is 5.91 Å². The predicted molar refractivity (Wildman–Crippen MR) is 114 cm³/mol. The summed E-state index contributed by atoms with van der Waals surface area (Å²) in [5, 5.41) is 0.736. The number of amidine groups is 1. The van der Waals surface area contributed by atoms with E-state index in [1.165, 1.54) is 17.3 Å². The van der Waals surface area contributed by atoms with Gasteiger partial charge in [0.15, 0.2) is 5.17 Å². The molecule has 4 nitrogen and oxygen atoms in total. The van der Waals surface area contributed by atoms with Gasteiger partial charge in [-0.3, -0.25) is 9.69 Å². The minimum Gasteiger partial charge on any atom is -0.340 e. The van der Waals surface area contributed by atoms with Crippen molar-refractivity contribution >= 4 is 40.3 Å². The molecular weight excluding hydrogens is 354 g/mol. The maximum Gasteiger partial charge on any atom is 0.268 e. The highest BCUT2D eigenvalue weighted by Gasteiger charge is 2.36. The molecule has 2 aromatic carbocycles. The summed E-state index contributed by atoms with van der Waals surface area (Å²) in [7, 11) is 0. The largest absolute Gasteiger partial charge is 0.340 e. The SMILES string of the molecule is CCN1C(=O)C(=C2C=Cc3ccccc3N2CC)SC1=Nc1ccccc1. The van der Waals surface area contributed by atoms with Gasteiger partial charge in [0.2, 0.25) is 0 Å². The van der Waals surface area contributed by atoms with Gasteiger partial charge < -0.3 is 4.90 Å². The maximum absolute atomic E-state index is 13.1. The second-order valence-corrected chi connectivity index (χ2v) is 7.21. The molecule has 0 bridgehead atoms. The fraction of sp³-hybridized carbons (Fsp3) is 0.182. The van der Waals surface area contributed by atoms with Crippen LogP contribution < -0.4 is 4.90 Å². The van der Waals surface area contributed by atoms with Crippen molar-refractivity contribution in [2.45, 2.75) is 13.8 Å². The van der Waals surface area contributed by atoms with E-state index in [0.717, 1.165) is 33.7 Å². The van der Waals surface area contributed by atoms with Crippen molar-refractivity contribution in [2.24, 2.45) is 4.99 Å². The van der Waals surface area contributed by atoms with Crippen LogP contribution in [0.1, 0.15) is 19.4 Å². The Morgan fingerprint density at radius 3 is 2.33 bits per heavy atom. The number of fused-ring (bicyclic) bond motifs is 1. The number of thioether (sulfide) groups is 1. The number of aliphatic imine (C=N–C) groups is 1. The molecule has 1 amide bonds. The molecule has 0 aromatic heterocycles. The zero-order valence-corrected chi connectivity index (χ0v) is 16.2. The van der Waals surface area contributed by atoms with E-state index in [9.17, 15) is 4.79 Å². The van der Waals surface area contributed by atoms with Gasteiger partial charge in [-0.05, 0) is 55.4 Å². The van der Waals surface area contributed by atoms with Crippen LogP contribution in [0.5, 0.6) is 0 Å². The van der Waals surface area contributed by atoms with Crippen molar-refractivity contribution in [1.29, 1.82) is 0 Å². The van der Waals surface area contributed by atoms with Crippen molar-refractivity contribution in [3.63, 3.8) is 0 Å². The average Bonchev–Trinajstić information content (AvgIpc) is 3.02. The molecule has 4 rings (SSSR count). The number of benzene rings is 2. The first kappa shape index (κ1) is 17.6. The lowest BCUT2D eigenvalue weighted by Crippen LogP contribution is -2.30. The predicted octanol–water partition coefficient (Wildman–Crippen LogP) is 5.03. The molecule has 0 radical (unpaired) electrons. The third-order valence-corrected chi connectivity index (χ3v) is 5.73. The summed E-state index contributed by atoms with van der Waals surface area (Å²) in [5.41, 5.74) is 4.11. The Balaban J connectivity index is 1.78. The fourth-order valence-electron chi connectivity index (χ4n) is 3.34. The van der Waals surface area contributed by atoms with Gasteiger partial charge in [0.1, 0.15) is 4.91 Å². The van der Waals surface area contributed by atoms with Crippen molar-refractivity contribution < 1.29 is 4.79 Å². The summed E-state index contributed by atoms with van der Waals surface area (Å²) >= 11 is 1.46. The standard InChI is InChI=1S/C22H21N3OS/c1-3-24-18-13-9-8-10-16(18)14-15-19(24)20-21(26)25(4-2)22(27-20)23-17-11-6-5-7-12-17/h5-15H,3-4H2,1-2H3. The van der Waals surface area contributed by atoms with Gasteiger partial charge in [-0.2, -0.15) is 0 Å². The van der Waals surface area contributed by atoms with Crippen LogP contribution in [-0.4, -0.2) is 29.1 Å². The van der Waals surface area contributed by atoms with E-state index >= 15 is 0 Å². The number of anilines is 1. The summed E-state index contributed by atoms with van der Waals surface area (Å²) < 4.78 is 0. The molecule has 2 aliphatic rings. The molecule has 0 unspecified atom stereocenters. The molecular formula is C22H21N3OS. The molecule has 27 heavy (non-hydrogen) atoms. The lowest BCUT2D eigenvalue weighted by atomic mass is 10.1. The Kier molecular flexibility index (Phi) is 4.86. The van der Waals surface area contributed by atoms with Crippen LogP contribution >= 0.6 is 11.8 Å². The number of nitrogens with zero attached hydrogens (tertiary/aromatic N) is 3. The first-order chi connectivity index (χ1) is 13.2. The van der Waals surface area contributed by atoms with Gasteiger partial charge in [0, 0.05) is 18.8 Å². The van der Waals surface area contributed by atoms with Gasteiger partial charge in [-0.1, -0.05) is 42.5 Å². The zero-order valence-electron chi connectivity index (χ0n) is 15.4. The molecule has 0 atom stereocenters. The number of rotatable bonds is 3. The Morgan fingerprint density at radius 2 is 1.59 bits per heavy atom. The molecule has 0 spiro atoms.